The molecule has 2 aromatic rings. The first-order valence-corrected chi connectivity index (χ1v) is 8.19. The average molecular weight is 345 g/mol. The lowest BCUT2D eigenvalue weighted by atomic mass is 9.87. The van der Waals surface area contributed by atoms with Gasteiger partial charge in [-0.2, -0.15) is 5.26 Å². The number of nitrogens with zero attached hydrogens (tertiary/aromatic N) is 1. The number of thioether (sulfide) groups is 1. The summed E-state index contributed by atoms with van der Waals surface area (Å²) in [6, 6.07) is 18.6. The summed E-state index contributed by atoms with van der Waals surface area (Å²) in [5.41, 5.74) is 1.39. The van der Waals surface area contributed by atoms with Gasteiger partial charge in [-0.15, -0.1) is 11.8 Å². The van der Waals surface area contributed by atoms with Crippen LogP contribution < -0.4 is 5.32 Å². The first kappa shape index (κ1) is 13.5. The van der Waals surface area contributed by atoms with Gasteiger partial charge in [0.05, 0.1) is 6.07 Å². The van der Waals surface area contributed by atoms with Crippen molar-refractivity contribution in [2.24, 2.45) is 0 Å². The van der Waals surface area contributed by atoms with Crippen LogP contribution in [0.5, 0.6) is 0 Å². The predicted octanol–water partition coefficient (Wildman–Crippen LogP) is 4.78. The van der Waals surface area contributed by atoms with Gasteiger partial charge in [0.15, 0.2) is 5.54 Å². The molecule has 3 rings (SSSR count). The second-order valence-electron chi connectivity index (χ2n) is 4.72. The summed E-state index contributed by atoms with van der Waals surface area (Å²) in [6.07, 6.45) is 0.798. The molecule has 4 heteroatoms. The van der Waals surface area contributed by atoms with Crippen molar-refractivity contribution in [2.45, 2.75) is 16.9 Å². The molecule has 1 heterocycles. The molecule has 1 unspecified atom stereocenters. The van der Waals surface area contributed by atoms with Crippen LogP contribution in [0, 0.1) is 11.3 Å². The van der Waals surface area contributed by atoms with Crippen molar-refractivity contribution in [3.63, 3.8) is 0 Å². The van der Waals surface area contributed by atoms with Crippen molar-refractivity contribution in [3.05, 3.63) is 58.6 Å². The Hall–Kier alpha value is -1.44. The quantitative estimate of drug-likeness (QED) is 0.851. The normalized spacial score (nSPS) is 20.8. The van der Waals surface area contributed by atoms with Gasteiger partial charge in [0.25, 0.3) is 0 Å². The molecule has 0 saturated heterocycles. The van der Waals surface area contributed by atoms with Gasteiger partial charge in [0.2, 0.25) is 0 Å². The molecule has 1 atom stereocenters. The molecular weight excluding hydrogens is 332 g/mol. The molecule has 0 spiro atoms. The van der Waals surface area contributed by atoms with Crippen molar-refractivity contribution in [3.8, 4) is 6.07 Å². The number of nitrogens with one attached hydrogen (secondary N) is 1. The molecule has 0 radical (unpaired) electrons. The number of fused-ring (bicyclic) bond motifs is 1. The van der Waals surface area contributed by atoms with Crippen molar-refractivity contribution < 1.29 is 0 Å². The van der Waals surface area contributed by atoms with Crippen molar-refractivity contribution in [1.82, 2.24) is 0 Å². The topological polar surface area (TPSA) is 35.8 Å². The fraction of sp³-hybridized carbons (Fsp3) is 0.188. The molecule has 0 amide bonds. The Morgan fingerprint density at radius 1 is 1.15 bits per heavy atom. The van der Waals surface area contributed by atoms with E-state index in [9.17, 15) is 5.26 Å². The number of nitriles is 1. The van der Waals surface area contributed by atoms with Gasteiger partial charge in [0.1, 0.15) is 0 Å². The van der Waals surface area contributed by atoms with E-state index >= 15 is 0 Å². The zero-order valence-corrected chi connectivity index (χ0v) is 13.2. The largest absolute Gasteiger partial charge is 0.363 e. The smallest absolute Gasteiger partial charge is 0.152 e. The highest BCUT2D eigenvalue weighted by Gasteiger charge is 2.37. The van der Waals surface area contributed by atoms with Crippen LogP contribution in [0.2, 0.25) is 0 Å². The van der Waals surface area contributed by atoms with Crippen molar-refractivity contribution in [2.75, 3.05) is 11.1 Å². The summed E-state index contributed by atoms with van der Waals surface area (Å²) >= 11 is 5.36. The van der Waals surface area contributed by atoms with Crippen LogP contribution in [0.4, 0.5) is 5.69 Å². The first-order chi connectivity index (χ1) is 9.75. The molecule has 0 bridgehead atoms. The van der Waals surface area contributed by atoms with E-state index < -0.39 is 5.54 Å². The highest BCUT2D eigenvalue weighted by Crippen LogP contribution is 2.42. The SMILES string of the molecule is N#CC1(Nc2ccccc2Br)CCSc2ccccc21. The van der Waals surface area contributed by atoms with Crippen LogP contribution in [0.25, 0.3) is 0 Å². The highest BCUT2D eigenvalue weighted by molar-refractivity contribution is 9.10. The number of para-hydroxylation sites is 1. The molecule has 1 N–H and O–H groups in total. The van der Waals surface area contributed by atoms with Crippen LogP contribution >= 0.6 is 27.7 Å². The molecule has 2 nitrogen and oxygen atoms in total. The minimum atomic E-state index is -0.647. The van der Waals surface area contributed by atoms with Crippen LogP contribution in [-0.4, -0.2) is 5.75 Å². The molecule has 0 aliphatic carbocycles. The molecule has 1 aliphatic heterocycles. The lowest BCUT2D eigenvalue weighted by Crippen LogP contribution is -2.37. The minimum absolute atomic E-state index is 0.647. The summed E-state index contributed by atoms with van der Waals surface area (Å²) in [5.74, 6) is 0.946. The molecule has 0 fully saturated rings. The summed E-state index contributed by atoms with van der Waals surface area (Å²) in [5, 5.41) is 13.3. The van der Waals surface area contributed by atoms with E-state index in [1.807, 2.05) is 48.2 Å². The second kappa shape index (κ2) is 5.51. The Labute approximate surface area is 131 Å². The third-order valence-electron chi connectivity index (χ3n) is 3.49. The molecular formula is C16H13BrN2S. The average Bonchev–Trinajstić information content (AvgIpc) is 2.50. The fourth-order valence-corrected chi connectivity index (χ4v) is 4.04. The van der Waals surface area contributed by atoms with Gasteiger partial charge >= 0.3 is 0 Å². The molecule has 2 aromatic carbocycles. The number of benzene rings is 2. The second-order valence-corrected chi connectivity index (χ2v) is 6.71. The molecule has 100 valence electrons. The number of hydrogen-bond donors (Lipinski definition) is 1. The van der Waals surface area contributed by atoms with Crippen LogP contribution in [0.15, 0.2) is 57.9 Å². The summed E-state index contributed by atoms with van der Waals surface area (Å²) in [4.78, 5) is 1.19. The lowest BCUT2D eigenvalue weighted by Gasteiger charge is -2.34. The maximum absolute atomic E-state index is 9.80. The number of rotatable bonds is 2. The van der Waals surface area contributed by atoms with E-state index in [4.69, 9.17) is 0 Å². The zero-order valence-electron chi connectivity index (χ0n) is 10.8. The number of hydrogen-bond acceptors (Lipinski definition) is 3. The van der Waals surface area contributed by atoms with Crippen LogP contribution in [0.3, 0.4) is 0 Å². The third kappa shape index (κ3) is 2.32. The number of anilines is 1. The number of halogens is 1. The maximum Gasteiger partial charge on any atom is 0.152 e. The Morgan fingerprint density at radius 3 is 2.70 bits per heavy atom. The van der Waals surface area contributed by atoms with E-state index in [0.717, 1.165) is 27.9 Å². The van der Waals surface area contributed by atoms with Crippen LogP contribution in [-0.2, 0) is 5.54 Å². The lowest BCUT2D eigenvalue weighted by molar-refractivity contribution is 0.589. The maximum atomic E-state index is 9.80. The third-order valence-corrected chi connectivity index (χ3v) is 5.26. The zero-order chi connectivity index (χ0) is 14.0. The van der Waals surface area contributed by atoms with Crippen LogP contribution in [0.1, 0.15) is 12.0 Å². The molecule has 1 aliphatic rings. The summed E-state index contributed by atoms with van der Waals surface area (Å²) in [6.45, 7) is 0. The highest BCUT2D eigenvalue weighted by atomic mass is 79.9. The van der Waals surface area contributed by atoms with Crippen molar-refractivity contribution >= 4 is 33.4 Å². The van der Waals surface area contributed by atoms with Gasteiger partial charge in [-0.1, -0.05) is 30.3 Å². The van der Waals surface area contributed by atoms with Gasteiger partial charge in [-0.25, -0.2) is 0 Å². The van der Waals surface area contributed by atoms with E-state index in [0.29, 0.717) is 0 Å². The summed E-state index contributed by atoms with van der Waals surface area (Å²) < 4.78 is 0.977. The predicted molar refractivity (Wildman–Crippen MR) is 86.8 cm³/mol. The standard InChI is InChI=1S/C16H13BrN2S/c17-13-6-2-3-7-14(13)19-16(11-18)9-10-20-15-8-4-1-5-12(15)16/h1-8,19H,9-10H2. The molecule has 0 aromatic heterocycles. The van der Waals surface area contributed by atoms with E-state index in [-0.39, 0.29) is 0 Å². The fourth-order valence-electron chi connectivity index (χ4n) is 2.46. The van der Waals surface area contributed by atoms with Gasteiger partial charge in [-0.05, 0) is 40.5 Å². The van der Waals surface area contributed by atoms with E-state index in [1.165, 1.54) is 4.90 Å². The van der Waals surface area contributed by atoms with Gasteiger partial charge in [-0.3, -0.25) is 0 Å². The first-order valence-electron chi connectivity index (χ1n) is 6.41. The summed E-state index contributed by atoms with van der Waals surface area (Å²) in [7, 11) is 0. The minimum Gasteiger partial charge on any atom is -0.363 e. The molecule has 0 saturated carbocycles. The van der Waals surface area contributed by atoms with Gasteiger partial charge in [0, 0.05) is 26.4 Å². The van der Waals surface area contributed by atoms with Crippen molar-refractivity contribution in [1.29, 1.82) is 5.26 Å². The Kier molecular flexibility index (Phi) is 3.73. The molecule has 20 heavy (non-hydrogen) atoms. The Bertz CT molecular complexity index is 680. The Balaban J connectivity index is 2.06. The van der Waals surface area contributed by atoms with E-state index in [2.05, 4.69) is 39.4 Å². The monoisotopic (exact) mass is 344 g/mol. The van der Waals surface area contributed by atoms with Gasteiger partial charge < -0.3 is 5.32 Å². The Morgan fingerprint density at radius 2 is 1.90 bits per heavy atom. The van der Waals surface area contributed by atoms with E-state index in [1.54, 1.807) is 0 Å².